The second-order valence-corrected chi connectivity index (χ2v) is 8.24. The lowest BCUT2D eigenvalue weighted by Crippen LogP contribution is -2.47. The van der Waals surface area contributed by atoms with Gasteiger partial charge in [0.15, 0.2) is 5.78 Å². The van der Waals surface area contributed by atoms with Gasteiger partial charge in [-0.15, -0.1) is 6.58 Å². The van der Waals surface area contributed by atoms with Gasteiger partial charge in [0.1, 0.15) is 0 Å². The monoisotopic (exact) mass is 284 g/mol. The minimum atomic E-state index is 0.341. The van der Waals surface area contributed by atoms with E-state index in [1.807, 2.05) is 6.08 Å². The van der Waals surface area contributed by atoms with Crippen molar-refractivity contribution in [2.75, 3.05) is 0 Å². The van der Waals surface area contributed by atoms with Crippen LogP contribution in [-0.2, 0) is 4.79 Å². The van der Waals surface area contributed by atoms with Crippen molar-refractivity contribution in [3.8, 4) is 0 Å². The predicted octanol–water partition coefficient (Wildman–Crippen LogP) is 4.93. The Morgan fingerprint density at radius 3 is 2.71 bits per heavy atom. The molecule has 0 spiro atoms. The lowest BCUT2D eigenvalue weighted by atomic mass is 9.49. The van der Waals surface area contributed by atoms with Crippen LogP contribution in [0, 0.1) is 35.0 Å². The summed E-state index contributed by atoms with van der Waals surface area (Å²) in [6.45, 7) is 6.55. The van der Waals surface area contributed by atoms with Gasteiger partial charge in [-0.05, 0) is 86.0 Å². The normalized spacial score (nSPS) is 48.9. The first kappa shape index (κ1) is 13.8. The molecule has 3 fully saturated rings. The average molecular weight is 284 g/mol. The molecule has 0 bridgehead atoms. The maximum absolute atomic E-state index is 11.8. The highest BCUT2D eigenvalue weighted by Crippen LogP contribution is 2.62. The first-order valence-corrected chi connectivity index (χ1v) is 9.00. The predicted molar refractivity (Wildman–Crippen MR) is 85.8 cm³/mol. The molecule has 0 saturated heterocycles. The van der Waals surface area contributed by atoms with Crippen molar-refractivity contribution in [2.45, 2.75) is 58.3 Å². The van der Waals surface area contributed by atoms with Crippen LogP contribution < -0.4 is 0 Å². The molecule has 0 aromatic carbocycles. The summed E-state index contributed by atoms with van der Waals surface area (Å²) in [5, 5.41) is 0. The first-order chi connectivity index (χ1) is 10.1. The quantitative estimate of drug-likeness (QED) is 0.624. The van der Waals surface area contributed by atoms with E-state index < -0.39 is 0 Å². The molecule has 6 atom stereocenters. The van der Waals surface area contributed by atoms with E-state index in [4.69, 9.17) is 0 Å². The highest BCUT2D eigenvalue weighted by molar-refractivity contribution is 5.91. The van der Waals surface area contributed by atoms with Crippen LogP contribution in [0.2, 0.25) is 0 Å². The minimum Gasteiger partial charge on any atom is -0.295 e. The maximum atomic E-state index is 11.8. The fraction of sp³-hybridized carbons (Fsp3) is 0.750. The van der Waals surface area contributed by atoms with Gasteiger partial charge in [0, 0.05) is 6.42 Å². The Bertz CT molecular complexity index is 502. The Balaban J connectivity index is 1.64. The fourth-order valence-corrected chi connectivity index (χ4v) is 6.55. The molecule has 0 N–H and O–H groups in total. The Hall–Kier alpha value is -0.850. The Kier molecular flexibility index (Phi) is 3.17. The lowest BCUT2D eigenvalue weighted by Gasteiger charge is -2.55. The summed E-state index contributed by atoms with van der Waals surface area (Å²) >= 11 is 0. The van der Waals surface area contributed by atoms with E-state index in [0.29, 0.717) is 11.2 Å². The van der Waals surface area contributed by atoms with Crippen LogP contribution in [0.3, 0.4) is 0 Å². The molecule has 0 aromatic rings. The third kappa shape index (κ3) is 1.92. The largest absolute Gasteiger partial charge is 0.295 e. The highest BCUT2D eigenvalue weighted by Gasteiger charge is 2.53. The highest BCUT2D eigenvalue weighted by atomic mass is 16.1. The summed E-state index contributed by atoms with van der Waals surface area (Å²) in [7, 11) is 0. The second-order valence-electron chi connectivity index (χ2n) is 8.24. The van der Waals surface area contributed by atoms with E-state index in [2.05, 4.69) is 19.6 Å². The third-order valence-corrected chi connectivity index (χ3v) is 7.64. The van der Waals surface area contributed by atoms with Gasteiger partial charge >= 0.3 is 0 Å². The zero-order chi connectivity index (χ0) is 14.6. The number of fused-ring (bicyclic) bond motifs is 5. The Morgan fingerprint density at radius 1 is 1.10 bits per heavy atom. The van der Waals surface area contributed by atoms with Crippen molar-refractivity contribution < 1.29 is 4.79 Å². The molecule has 0 amide bonds. The van der Waals surface area contributed by atoms with Crippen molar-refractivity contribution in [3.63, 3.8) is 0 Å². The zero-order valence-electron chi connectivity index (χ0n) is 13.3. The molecule has 4 aliphatic carbocycles. The van der Waals surface area contributed by atoms with Crippen molar-refractivity contribution in [1.82, 2.24) is 0 Å². The van der Waals surface area contributed by atoms with Gasteiger partial charge in [-0.2, -0.15) is 0 Å². The number of carbonyl (C=O) groups excluding carboxylic acids is 1. The summed E-state index contributed by atoms with van der Waals surface area (Å²) in [5.74, 6) is 4.79. The maximum Gasteiger partial charge on any atom is 0.155 e. The van der Waals surface area contributed by atoms with Crippen molar-refractivity contribution >= 4 is 5.78 Å². The molecule has 21 heavy (non-hydrogen) atoms. The first-order valence-electron chi connectivity index (χ1n) is 9.00. The molecule has 0 heterocycles. The third-order valence-electron chi connectivity index (χ3n) is 7.64. The average Bonchev–Trinajstić information content (AvgIpc) is 2.91. The summed E-state index contributed by atoms with van der Waals surface area (Å²) in [4.78, 5) is 11.8. The molecule has 114 valence electrons. The minimum absolute atomic E-state index is 0.341. The SMILES string of the molecule is C=C[C@H]1CCC2C3CCC4=CC(=O)CC[C@]4(C)C3CCC21. The van der Waals surface area contributed by atoms with Crippen LogP contribution in [0.1, 0.15) is 58.3 Å². The summed E-state index contributed by atoms with van der Waals surface area (Å²) in [6, 6.07) is 0. The Morgan fingerprint density at radius 2 is 1.90 bits per heavy atom. The molecule has 0 aliphatic heterocycles. The molecule has 1 nitrogen and oxygen atoms in total. The van der Waals surface area contributed by atoms with Crippen molar-refractivity contribution in [2.24, 2.45) is 35.0 Å². The molecule has 1 heteroatoms. The summed E-state index contributed by atoms with van der Waals surface area (Å²) < 4.78 is 0. The van der Waals surface area contributed by atoms with Crippen molar-refractivity contribution in [3.05, 3.63) is 24.3 Å². The summed E-state index contributed by atoms with van der Waals surface area (Å²) in [5.41, 5.74) is 1.84. The number of rotatable bonds is 1. The summed E-state index contributed by atoms with van der Waals surface area (Å²) in [6.07, 6.45) is 14.3. The number of carbonyl (C=O) groups is 1. The van der Waals surface area contributed by atoms with E-state index in [9.17, 15) is 4.79 Å². The van der Waals surface area contributed by atoms with E-state index in [-0.39, 0.29) is 0 Å². The fourth-order valence-electron chi connectivity index (χ4n) is 6.55. The molecular formula is C20H28O. The zero-order valence-corrected chi connectivity index (χ0v) is 13.3. The number of ketones is 1. The van der Waals surface area contributed by atoms with Crippen LogP contribution in [0.4, 0.5) is 0 Å². The van der Waals surface area contributed by atoms with Gasteiger partial charge < -0.3 is 0 Å². The van der Waals surface area contributed by atoms with E-state index in [0.717, 1.165) is 42.4 Å². The lowest BCUT2D eigenvalue weighted by molar-refractivity contribution is -0.117. The molecule has 0 aromatic heterocycles. The smallest absolute Gasteiger partial charge is 0.155 e. The second kappa shape index (κ2) is 4.83. The molecular weight excluding hydrogens is 256 g/mol. The Labute approximate surface area is 128 Å². The standard InChI is InChI=1S/C20H28O/c1-3-13-4-6-17-16(13)8-9-19-18(17)7-5-14-12-15(21)10-11-20(14,19)2/h3,12-13,16-19H,1,4-11H2,2H3/t13-,16?,17?,18?,19?,20-/m0/s1. The van der Waals surface area contributed by atoms with Gasteiger partial charge in [-0.25, -0.2) is 0 Å². The molecule has 4 rings (SSSR count). The molecule has 4 unspecified atom stereocenters. The van der Waals surface area contributed by atoms with Gasteiger partial charge in [0.05, 0.1) is 0 Å². The topological polar surface area (TPSA) is 17.1 Å². The van der Waals surface area contributed by atoms with Gasteiger partial charge in [-0.1, -0.05) is 18.6 Å². The molecule has 3 saturated carbocycles. The van der Waals surface area contributed by atoms with E-state index >= 15 is 0 Å². The van der Waals surface area contributed by atoms with Gasteiger partial charge in [0.25, 0.3) is 0 Å². The van der Waals surface area contributed by atoms with E-state index in [1.165, 1.54) is 44.1 Å². The van der Waals surface area contributed by atoms with Gasteiger partial charge in [0.2, 0.25) is 0 Å². The van der Waals surface area contributed by atoms with Crippen LogP contribution in [0.25, 0.3) is 0 Å². The number of hydrogen-bond donors (Lipinski definition) is 0. The molecule has 0 radical (unpaired) electrons. The van der Waals surface area contributed by atoms with Crippen LogP contribution in [0.5, 0.6) is 0 Å². The van der Waals surface area contributed by atoms with Crippen molar-refractivity contribution in [1.29, 1.82) is 0 Å². The number of allylic oxidation sites excluding steroid dienone is 2. The number of hydrogen-bond acceptors (Lipinski definition) is 1. The van der Waals surface area contributed by atoms with Crippen LogP contribution >= 0.6 is 0 Å². The van der Waals surface area contributed by atoms with E-state index in [1.54, 1.807) is 0 Å². The molecule has 4 aliphatic rings. The van der Waals surface area contributed by atoms with Crippen LogP contribution in [0.15, 0.2) is 24.3 Å². The van der Waals surface area contributed by atoms with Gasteiger partial charge in [-0.3, -0.25) is 4.79 Å². The van der Waals surface area contributed by atoms with Crippen LogP contribution in [-0.4, -0.2) is 5.78 Å².